The molecule has 0 N–H and O–H groups in total. The lowest BCUT2D eigenvalue weighted by Gasteiger charge is -2.74. The highest BCUT2D eigenvalue weighted by Gasteiger charge is 2.87. The largest absolute Gasteiger partial charge is 0.468 e. The molecule has 0 spiro atoms. The van der Waals surface area contributed by atoms with Gasteiger partial charge in [0.1, 0.15) is 10.8 Å². The summed E-state index contributed by atoms with van der Waals surface area (Å²) < 4.78 is 21.5. The topological polar surface area (TPSA) is 112 Å². The average Bonchev–Trinajstić information content (AvgIpc) is 3.01. The number of rotatable bonds is 6. The Morgan fingerprint density at radius 2 is 0.905 bits per heavy atom. The van der Waals surface area contributed by atoms with Gasteiger partial charge in [-0.05, 0) is 11.1 Å². The van der Waals surface area contributed by atoms with Crippen LogP contribution in [0.1, 0.15) is 23.0 Å². The lowest BCUT2D eigenvalue weighted by Crippen LogP contribution is -2.88. The van der Waals surface area contributed by atoms with Crippen molar-refractivity contribution in [1.29, 1.82) is 0 Å². The van der Waals surface area contributed by atoms with E-state index in [9.17, 15) is 19.2 Å². The van der Waals surface area contributed by atoms with Gasteiger partial charge in [0.2, 0.25) is 0 Å². The van der Waals surface area contributed by atoms with Gasteiger partial charge in [0.05, 0.1) is 51.7 Å². The normalized spacial score (nSPS) is 29.5. The smallest absolute Gasteiger partial charge is 0.335 e. The summed E-state index contributed by atoms with van der Waals surface area (Å²) in [4.78, 5) is 58.9. The third kappa shape index (κ3) is 3.63. The molecule has 5 rings (SSSR count). The summed E-state index contributed by atoms with van der Waals surface area (Å²) in [5.41, 5.74) is -1.22. The fraction of sp³-hybridized carbons (Fsp3) is 0.375. The zero-order chi connectivity index (χ0) is 30.4. The minimum absolute atomic E-state index is 0.235. The van der Waals surface area contributed by atoms with Crippen LogP contribution >= 0.6 is 0 Å². The molecule has 0 radical (unpaired) electrons. The number of carbonyl (C=O) groups is 4. The van der Waals surface area contributed by atoms with Crippen molar-refractivity contribution in [3.63, 3.8) is 0 Å². The van der Waals surface area contributed by atoms with Gasteiger partial charge in [-0.1, -0.05) is 60.7 Å². The van der Waals surface area contributed by atoms with Crippen LogP contribution in [0.4, 0.5) is 0 Å². The van der Waals surface area contributed by atoms with Crippen LogP contribution in [0.5, 0.6) is 0 Å². The van der Waals surface area contributed by atoms with E-state index in [-0.39, 0.29) is 11.1 Å². The Kier molecular flexibility index (Phi) is 7.34. The molecule has 0 atom stereocenters. The van der Waals surface area contributed by atoms with Crippen molar-refractivity contribution in [3.05, 3.63) is 95.3 Å². The second kappa shape index (κ2) is 10.7. The molecule has 10 nitrogen and oxygen atoms in total. The number of hydrogen-bond donors (Lipinski definition) is 0. The van der Waals surface area contributed by atoms with Crippen LogP contribution in [0.25, 0.3) is 0 Å². The summed E-state index contributed by atoms with van der Waals surface area (Å²) in [6, 6.07) is 16.4. The Bertz CT molecular complexity index is 1350. The molecule has 0 aromatic heterocycles. The molecule has 0 amide bonds. The molecule has 0 unspecified atom stereocenters. The van der Waals surface area contributed by atoms with Crippen LogP contribution in [0.15, 0.2) is 84.2 Å². The van der Waals surface area contributed by atoms with E-state index in [4.69, 9.17) is 18.9 Å². The van der Waals surface area contributed by atoms with Gasteiger partial charge in [-0.25, -0.2) is 9.59 Å². The van der Waals surface area contributed by atoms with Gasteiger partial charge in [-0.2, -0.15) is 0 Å². The van der Waals surface area contributed by atoms with E-state index in [1.165, 1.54) is 28.4 Å². The number of benzene rings is 2. The molecule has 2 heterocycles. The van der Waals surface area contributed by atoms with Crippen LogP contribution in [-0.2, 0) is 38.1 Å². The Morgan fingerprint density at radius 1 is 0.571 bits per heavy atom. The molecular formula is C32H34N2O8. The van der Waals surface area contributed by atoms with Crippen LogP contribution < -0.4 is 0 Å². The maximum atomic E-state index is 14.4. The van der Waals surface area contributed by atoms with Gasteiger partial charge >= 0.3 is 23.9 Å². The molecule has 10 heteroatoms. The number of methoxy groups -OCH3 is 4. The van der Waals surface area contributed by atoms with Crippen LogP contribution in [0.3, 0.4) is 0 Å². The fourth-order valence-electron chi connectivity index (χ4n) is 8.04. The first-order valence-corrected chi connectivity index (χ1v) is 13.5. The van der Waals surface area contributed by atoms with E-state index >= 15 is 0 Å². The van der Waals surface area contributed by atoms with Crippen LogP contribution in [-0.4, -0.2) is 88.3 Å². The quantitative estimate of drug-likeness (QED) is 0.377. The third-order valence-electron chi connectivity index (χ3n) is 9.07. The lowest BCUT2D eigenvalue weighted by atomic mass is 9.34. The van der Waals surface area contributed by atoms with Gasteiger partial charge in [0.15, 0.2) is 0 Å². The highest BCUT2D eigenvalue weighted by atomic mass is 16.5. The van der Waals surface area contributed by atoms with Gasteiger partial charge in [-0.3, -0.25) is 9.59 Å². The Morgan fingerprint density at radius 3 is 1.19 bits per heavy atom. The van der Waals surface area contributed by atoms with Crippen molar-refractivity contribution >= 4 is 23.9 Å². The molecule has 3 aliphatic rings. The number of hydrogen-bond acceptors (Lipinski definition) is 10. The predicted molar refractivity (Wildman–Crippen MR) is 151 cm³/mol. The molecule has 42 heavy (non-hydrogen) atoms. The maximum absolute atomic E-state index is 14.4. The van der Waals surface area contributed by atoms with Gasteiger partial charge < -0.3 is 28.7 Å². The van der Waals surface area contributed by atoms with Crippen molar-refractivity contribution in [2.24, 2.45) is 10.8 Å². The number of esters is 4. The van der Waals surface area contributed by atoms with Crippen molar-refractivity contribution in [2.75, 3.05) is 42.5 Å². The SMILES string of the molecule is COC(=O)C1=CN(C)C2C(C(=O)OC)(C3N(C)C=C(C(=O)OC)[C@H](c4ccccc4)C23C(=O)OC)[C@@H]1c1ccccc1. The van der Waals surface area contributed by atoms with Crippen LogP contribution in [0, 0.1) is 10.8 Å². The van der Waals surface area contributed by atoms with Crippen molar-refractivity contribution in [3.8, 4) is 0 Å². The van der Waals surface area contributed by atoms with E-state index in [0.29, 0.717) is 11.1 Å². The average molecular weight is 575 g/mol. The predicted octanol–water partition coefficient (Wildman–Crippen LogP) is 2.63. The fourth-order valence-corrected chi connectivity index (χ4v) is 8.04. The van der Waals surface area contributed by atoms with E-state index in [2.05, 4.69) is 0 Å². The molecular weight excluding hydrogens is 540 g/mol. The number of carbonyl (C=O) groups excluding carboxylic acids is 4. The summed E-state index contributed by atoms with van der Waals surface area (Å²) in [7, 11) is 8.54. The Hall–Kier alpha value is -4.60. The monoisotopic (exact) mass is 574 g/mol. The first-order valence-electron chi connectivity index (χ1n) is 13.5. The molecule has 1 aliphatic carbocycles. The van der Waals surface area contributed by atoms with E-state index < -0.39 is 58.6 Å². The summed E-state index contributed by atoms with van der Waals surface area (Å²) in [5.74, 6) is -4.18. The Labute approximate surface area is 244 Å². The first kappa shape index (κ1) is 28.9. The summed E-state index contributed by atoms with van der Waals surface area (Å²) in [6.45, 7) is 0. The zero-order valence-corrected chi connectivity index (χ0v) is 24.4. The molecule has 2 aromatic carbocycles. The van der Waals surface area contributed by atoms with E-state index in [1.54, 1.807) is 36.3 Å². The molecule has 0 saturated heterocycles. The van der Waals surface area contributed by atoms with Gasteiger partial charge in [-0.15, -0.1) is 0 Å². The summed E-state index contributed by atoms with van der Waals surface area (Å²) in [6.07, 6.45) is 3.24. The summed E-state index contributed by atoms with van der Waals surface area (Å²) >= 11 is 0. The highest BCUT2D eigenvalue weighted by Crippen LogP contribution is 2.74. The second-order valence-electron chi connectivity index (χ2n) is 10.8. The van der Waals surface area contributed by atoms with Crippen molar-refractivity contribution in [1.82, 2.24) is 9.80 Å². The molecule has 0 bridgehead atoms. The van der Waals surface area contributed by atoms with Crippen molar-refractivity contribution < 1.29 is 38.1 Å². The number of fused-ring (bicyclic) bond motifs is 4. The maximum Gasteiger partial charge on any atom is 0.335 e. The van der Waals surface area contributed by atoms with Crippen LogP contribution in [0.2, 0.25) is 0 Å². The lowest BCUT2D eigenvalue weighted by molar-refractivity contribution is -0.243. The first-order chi connectivity index (χ1) is 20.2. The second-order valence-corrected chi connectivity index (χ2v) is 10.8. The summed E-state index contributed by atoms with van der Waals surface area (Å²) in [5, 5.41) is 0. The number of ether oxygens (including phenoxy) is 4. The standard InChI is InChI=1S/C32H34N2O8/c1-33-17-21(25(35)39-3)23(19-13-9-7-10-14-19)31(29(37)41-5)27(33)32(30(38)42-6)24(20-15-11-8-12-16-20)22(26(36)40-4)18-34(2)28(31)32/h7-18,23-24,27-28H,1-6H3/t23-,24+,27?,28?,31?,32?. The molecule has 1 saturated carbocycles. The zero-order valence-electron chi connectivity index (χ0n) is 24.4. The minimum atomic E-state index is -1.52. The molecule has 2 aliphatic heterocycles. The Balaban J connectivity index is 1.93. The number of nitrogens with zero attached hydrogens (tertiary/aromatic N) is 2. The van der Waals surface area contributed by atoms with E-state index in [0.717, 1.165) is 0 Å². The minimum Gasteiger partial charge on any atom is -0.468 e. The molecule has 2 aromatic rings. The highest BCUT2D eigenvalue weighted by molar-refractivity contribution is 6.00. The van der Waals surface area contributed by atoms with Gasteiger partial charge in [0.25, 0.3) is 0 Å². The van der Waals surface area contributed by atoms with Gasteiger partial charge in [0, 0.05) is 38.3 Å². The third-order valence-corrected chi connectivity index (χ3v) is 9.07. The molecule has 1 fully saturated rings. The molecule has 220 valence electrons. The van der Waals surface area contributed by atoms with E-state index in [1.807, 2.05) is 60.7 Å². The van der Waals surface area contributed by atoms with Crippen molar-refractivity contribution in [2.45, 2.75) is 23.9 Å².